The van der Waals surface area contributed by atoms with Crippen molar-refractivity contribution in [1.29, 1.82) is 0 Å². The Labute approximate surface area is 141 Å². The molecule has 2 aromatic rings. The smallest absolute Gasteiger partial charge is 0.231 e. The minimum absolute atomic E-state index is 0.152. The highest BCUT2D eigenvalue weighted by Crippen LogP contribution is 2.26. The first kappa shape index (κ1) is 16.5. The Hall–Kier alpha value is -2.37. The number of carbonyl (C=O) groups excluding carboxylic acids is 1. The molecule has 1 saturated heterocycles. The van der Waals surface area contributed by atoms with Crippen molar-refractivity contribution in [3.05, 3.63) is 41.5 Å². The molecule has 0 spiro atoms. The van der Waals surface area contributed by atoms with E-state index in [1.165, 1.54) is 5.56 Å². The number of amides is 1. The van der Waals surface area contributed by atoms with Gasteiger partial charge in [0.25, 0.3) is 0 Å². The molecule has 1 fully saturated rings. The van der Waals surface area contributed by atoms with E-state index in [0.29, 0.717) is 37.7 Å². The molecule has 1 aromatic carbocycles. The van der Waals surface area contributed by atoms with Gasteiger partial charge >= 0.3 is 0 Å². The van der Waals surface area contributed by atoms with Crippen molar-refractivity contribution < 1.29 is 14.1 Å². The van der Waals surface area contributed by atoms with Crippen LogP contribution in [0.1, 0.15) is 43.0 Å². The predicted molar refractivity (Wildman–Crippen MR) is 88.9 cm³/mol. The van der Waals surface area contributed by atoms with Crippen LogP contribution in [0.25, 0.3) is 0 Å². The number of nitrogens with zero attached hydrogens (tertiary/aromatic N) is 3. The molecule has 0 saturated carbocycles. The van der Waals surface area contributed by atoms with Gasteiger partial charge < -0.3 is 14.2 Å². The summed E-state index contributed by atoms with van der Waals surface area (Å²) in [7, 11) is 0. The number of hydrogen-bond acceptors (Lipinski definition) is 5. The first-order valence-corrected chi connectivity index (χ1v) is 8.45. The van der Waals surface area contributed by atoms with Crippen LogP contribution in [0, 0.1) is 6.92 Å². The number of aromatic nitrogens is 2. The minimum Gasteiger partial charge on any atom is -0.493 e. The number of hydrogen-bond donors (Lipinski definition) is 0. The van der Waals surface area contributed by atoms with Gasteiger partial charge in [-0.3, -0.25) is 4.79 Å². The van der Waals surface area contributed by atoms with Crippen LogP contribution < -0.4 is 4.74 Å². The van der Waals surface area contributed by atoms with Gasteiger partial charge in [-0.25, -0.2) is 0 Å². The molecule has 1 unspecified atom stereocenters. The average Bonchev–Trinajstić information content (AvgIpc) is 3.23. The zero-order valence-electron chi connectivity index (χ0n) is 14.2. The fourth-order valence-corrected chi connectivity index (χ4v) is 2.91. The van der Waals surface area contributed by atoms with Crippen LogP contribution in [-0.4, -0.2) is 40.6 Å². The van der Waals surface area contributed by atoms with Gasteiger partial charge in [0, 0.05) is 25.9 Å². The third-order valence-electron chi connectivity index (χ3n) is 4.26. The van der Waals surface area contributed by atoms with E-state index in [1.54, 1.807) is 0 Å². The van der Waals surface area contributed by atoms with Crippen molar-refractivity contribution in [3.63, 3.8) is 0 Å². The lowest BCUT2D eigenvalue weighted by Gasteiger charge is -2.13. The highest BCUT2D eigenvalue weighted by atomic mass is 16.5. The van der Waals surface area contributed by atoms with Gasteiger partial charge in [0.05, 0.1) is 12.5 Å². The summed E-state index contributed by atoms with van der Waals surface area (Å²) in [4.78, 5) is 18.1. The molecular weight excluding hydrogens is 306 g/mol. The second kappa shape index (κ2) is 7.47. The predicted octanol–water partition coefficient (Wildman–Crippen LogP) is 2.73. The molecule has 24 heavy (non-hydrogen) atoms. The molecule has 3 rings (SSSR count). The van der Waals surface area contributed by atoms with Crippen LogP contribution in [0.2, 0.25) is 0 Å². The highest BCUT2D eigenvalue weighted by molar-refractivity contribution is 5.76. The molecule has 6 nitrogen and oxygen atoms in total. The van der Waals surface area contributed by atoms with Crippen molar-refractivity contribution >= 4 is 5.91 Å². The molecule has 1 amide bonds. The number of carbonyl (C=O) groups is 1. The zero-order chi connectivity index (χ0) is 16.9. The Morgan fingerprint density at radius 3 is 3.12 bits per heavy atom. The minimum atomic E-state index is 0.152. The van der Waals surface area contributed by atoms with E-state index in [0.717, 1.165) is 18.7 Å². The molecular formula is C18H23N3O3. The Morgan fingerprint density at radius 2 is 2.33 bits per heavy atom. The molecule has 1 aliphatic rings. The fourth-order valence-electron chi connectivity index (χ4n) is 2.91. The SMILES string of the molecule is CCC(=O)N1CCC(c2nc(CCOc3cccc(C)c3)no2)C1. The van der Waals surface area contributed by atoms with Crippen LogP contribution >= 0.6 is 0 Å². The molecule has 1 aliphatic heterocycles. The Morgan fingerprint density at radius 1 is 1.46 bits per heavy atom. The van der Waals surface area contributed by atoms with Crippen LogP contribution in [0.5, 0.6) is 5.75 Å². The number of likely N-dealkylation sites (tertiary alicyclic amines) is 1. The van der Waals surface area contributed by atoms with Crippen LogP contribution in [0.4, 0.5) is 0 Å². The van der Waals surface area contributed by atoms with Gasteiger partial charge in [-0.15, -0.1) is 0 Å². The van der Waals surface area contributed by atoms with Gasteiger partial charge in [0.15, 0.2) is 5.82 Å². The summed E-state index contributed by atoms with van der Waals surface area (Å²) in [5, 5.41) is 4.03. The van der Waals surface area contributed by atoms with E-state index in [1.807, 2.05) is 43.0 Å². The van der Waals surface area contributed by atoms with E-state index >= 15 is 0 Å². The maximum absolute atomic E-state index is 11.7. The van der Waals surface area contributed by atoms with Gasteiger partial charge in [0.2, 0.25) is 11.8 Å². The van der Waals surface area contributed by atoms with E-state index in [-0.39, 0.29) is 11.8 Å². The highest BCUT2D eigenvalue weighted by Gasteiger charge is 2.30. The van der Waals surface area contributed by atoms with Gasteiger partial charge in [0.1, 0.15) is 5.75 Å². The van der Waals surface area contributed by atoms with Crippen molar-refractivity contribution in [2.45, 2.75) is 39.0 Å². The van der Waals surface area contributed by atoms with Crippen LogP contribution in [-0.2, 0) is 11.2 Å². The summed E-state index contributed by atoms with van der Waals surface area (Å²) >= 11 is 0. The lowest BCUT2D eigenvalue weighted by atomic mass is 10.1. The van der Waals surface area contributed by atoms with Crippen LogP contribution in [0.15, 0.2) is 28.8 Å². The van der Waals surface area contributed by atoms with E-state index in [2.05, 4.69) is 10.1 Å². The number of rotatable bonds is 6. The first-order chi connectivity index (χ1) is 11.7. The van der Waals surface area contributed by atoms with Crippen molar-refractivity contribution in [2.24, 2.45) is 0 Å². The lowest BCUT2D eigenvalue weighted by Crippen LogP contribution is -2.27. The Balaban J connectivity index is 1.50. The van der Waals surface area contributed by atoms with E-state index < -0.39 is 0 Å². The normalized spacial score (nSPS) is 17.2. The number of ether oxygens (including phenoxy) is 1. The summed E-state index contributed by atoms with van der Waals surface area (Å²) in [5.74, 6) is 2.47. The van der Waals surface area contributed by atoms with Crippen molar-refractivity contribution in [2.75, 3.05) is 19.7 Å². The van der Waals surface area contributed by atoms with Gasteiger partial charge in [-0.05, 0) is 31.0 Å². The largest absolute Gasteiger partial charge is 0.493 e. The fraction of sp³-hybridized carbons (Fsp3) is 0.500. The third-order valence-corrected chi connectivity index (χ3v) is 4.26. The zero-order valence-corrected chi connectivity index (χ0v) is 14.2. The molecule has 0 aliphatic carbocycles. The summed E-state index contributed by atoms with van der Waals surface area (Å²) in [6.07, 6.45) is 2.02. The molecule has 1 atom stereocenters. The third kappa shape index (κ3) is 3.93. The van der Waals surface area contributed by atoms with E-state index in [4.69, 9.17) is 9.26 Å². The quantitative estimate of drug-likeness (QED) is 0.815. The molecule has 0 radical (unpaired) electrons. The summed E-state index contributed by atoms with van der Waals surface area (Å²) in [6.45, 7) is 5.87. The monoisotopic (exact) mass is 329 g/mol. The lowest BCUT2D eigenvalue weighted by molar-refractivity contribution is -0.129. The van der Waals surface area contributed by atoms with Gasteiger partial charge in [-0.1, -0.05) is 24.2 Å². The molecule has 2 heterocycles. The van der Waals surface area contributed by atoms with Crippen molar-refractivity contribution in [1.82, 2.24) is 15.0 Å². The topological polar surface area (TPSA) is 68.5 Å². The standard InChI is InChI=1S/C18H23N3O3/c1-3-17(22)21-9-7-14(12-21)18-19-16(20-24-18)8-10-23-15-6-4-5-13(2)11-15/h4-6,11,14H,3,7-10,12H2,1-2H3. The molecule has 1 aromatic heterocycles. The second-order valence-electron chi connectivity index (χ2n) is 6.14. The Bertz CT molecular complexity index is 698. The van der Waals surface area contributed by atoms with Crippen LogP contribution in [0.3, 0.4) is 0 Å². The maximum atomic E-state index is 11.7. The summed E-state index contributed by atoms with van der Waals surface area (Å²) < 4.78 is 11.1. The number of benzene rings is 1. The second-order valence-corrected chi connectivity index (χ2v) is 6.14. The molecule has 0 N–H and O–H groups in total. The summed E-state index contributed by atoms with van der Waals surface area (Å²) in [6, 6.07) is 7.94. The number of aryl methyl sites for hydroxylation is 1. The van der Waals surface area contributed by atoms with E-state index in [9.17, 15) is 4.79 Å². The molecule has 128 valence electrons. The van der Waals surface area contributed by atoms with Crippen molar-refractivity contribution in [3.8, 4) is 5.75 Å². The Kier molecular flexibility index (Phi) is 5.13. The molecule has 0 bridgehead atoms. The summed E-state index contributed by atoms with van der Waals surface area (Å²) in [5.41, 5.74) is 1.17. The maximum Gasteiger partial charge on any atom is 0.231 e. The first-order valence-electron chi connectivity index (χ1n) is 8.45. The molecule has 6 heteroatoms. The average molecular weight is 329 g/mol. The van der Waals surface area contributed by atoms with Gasteiger partial charge in [-0.2, -0.15) is 4.98 Å².